The molecule has 0 unspecified atom stereocenters. The largest absolute Gasteiger partial charge is 0.352 e. The zero-order valence-corrected chi connectivity index (χ0v) is 14.1. The third-order valence-electron chi connectivity index (χ3n) is 3.93. The number of para-hydroxylation sites is 1. The molecule has 128 valence electrons. The highest BCUT2D eigenvalue weighted by molar-refractivity contribution is 5.84. The van der Waals surface area contributed by atoms with Gasteiger partial charge < -0.3 is 0 Å². The van der Waals surface area contributed by atoms with Crippen LogP contribution in [-0.4, -0.2) is 15.5 Å². The molecule has 4 rings (SSSR count). The van der Waals surface area contributed by atoms with Crippen molar-refractivity contribution in [2.24, 2.45) is 0 Å². The quantitative estimate of drug-likeness (QED) is 0.403. The van der Waals surface area contributed by atoms with Gasteiger partial charge in [-0.3, -0.25) is 14.3 Å². The maximum atomic E-state index is 11.0. The van der Waals surface area contributed by atoms with Gasteiger partial charge in [-0.25, -0.2) is 9.78 Å². The average molecular weight is 344 g/mol. The third kappa shape index (κ3) is 3.02. The fourth-order valence-electron chi connectivity index (χ4n) is 2.83. The number of hydrogen-bond acceptors (Lipinski definition) is 4. The molecule has 3 aromatic carbocycles. The molecule has 26 heavy (non-hydrogen) atoms. The lowest BCUT2D eigenvalue weighted by Crippen LogP contribution is -2.03. The van der Waals surface area contributed by atoms with E-state index in [4.69, 9.17) is 9.87 Å². The number of aromatic nitrogens is 2. The Labute approximate surface area is 150 Å². The molecule has 0 fully saturated rings. The van der Waals surface area contributed by atoms with Crippen LogP contribution in [0.4, 0.5) is 0 Å². The number of hydrogen-bond donors (Lipinski definition) is 0. The van der Waals surface area contributed by atoms with Crippen molar-refractivity contribution in [1.82, 2.24) is 9.55 Å². The van der Waals surface area contributed by atoms with Crippen LogP contribution < -0.4 is 4.89 Å². The van der Waals surface area contributed by atoms with Crippen molar-refractivity contribution in [1.29, 1.82) is 0 Å². The predicted molar refractivity (Wildman–Crippen MR) is 98.9 cm³/mol. The van der Waals surface area contributed by atoms with Crippen molar-refractivity contribution in [3.63, 3.8) is 0 Å². The number of fused-ring (bicyclic) bond motifs is 1. The Morgan fingerprint density at radius 2 is 1.62 bits per heavy atom. The summed E-state index contributed by atoms with van der Waals surface area (Å²) in [5.41, 5.74) is 3.68. The minimum atomic E-state index is -0.508. The van der Waals surface area contributed by atoms with E-state index in [2.05, 4.69) is 9.45 Å². The molecule has 0 N–H and O–H groups in total. The molecular weight excluding hydrogens is 328 g/mol. The van der Waals surface area contributed by atoms with Gasteiger partial charge >= 0.3 is 5.97 Å². The lowest BCUT2D eigenvalue weighted by Gasteiger charge is -2.10. The maximum absolute atomic E-state index is 11.0. The first kappa shape index (κ1) is 15.9. The summed E-state index contributed by atoms with van der Waals surface area (Å²) < 4.78 is 2.06. The summed E-state index contributed by atoms with van der Waals surface area (Å²) in [6.45, 7) is 1.29. The fraction of sp³-hybridized carbons (Fsp3) is 0.0476. The van der Waals surface area contributed by atoms with Crippen LogP contribution in [0.3, 0.4) is 0 Å². The van der Waals surface area contributed by atoms with Gasteiger partial charge in [-0.1, -0.05) is 48.5 Å². The average Bonchev–Trinajstić information content (AvgIpc) is 3.06. The van der Waals surface area contributed by atoms with E-state index in [1.54, 1.807) is 6.07 Å². The molecule has 0 amide bonds. The zero-order chi connectivity index (χ0) is 17.9. The second-order valence-corrected chi connectivity index (χ2v) is 5.78. The molecule has 0 bridgehead atoms. The summed E-state index contributed by atoms with van der Waals surface area (Å²) >= 11 is 0. The third-order valence-corrected chi connectivity index (χ3v) is 3.93. The summed E-state index contributed by atoms with van der Waals surface area (Å²) in [7, 11) is 0. The van der Waals surface area contributed by atoms with E-state index in [9.17, 15) is 4.79 Å². The van der Waals surface area contributed by atoms with Gasteiger partial charge in [-0.2, -0.15) is 0 Å². The number of benzene rings is 3. The minimum absolute atomic E-state index is 0.435. The molecule has 4 aromatic rings. The smallest absolute Gasteiger partial charge is 0.292 e. The molecule has 0 aliphatic heterocycles. The molecule has 0 saturated heterocycles. The molecule has 0 radical (unpaired) electrons. The summed E-state index contributed by atoms with van der Waals surface area (Å²) in [4.78, 5) is 25.5. The number of nitrogens with zero attached hydrogens (tertiary/aromatic N) is 2. The highest BCUT2D eigenvalue weighted by atomic mass is 17.2. The van der Waals surface area contributed by atoms with Gasteiger partial charge in [-0.15, -0.1) is 0 Å². The second-order valence-electron chi connectivity index (χ2n) is 5.78. The van der Waals surface area contributed by atoms with E-state index in [1.807, 2.05) is 72.8 Å². The normalized spacial score (nSPS) is 10.7. The van der Waals surface area contributed by atoms with E-state index in [1.165, 1.54) is 6.92 Å². The first-order valence-corrected chi connectivity index (χ1v) is 8.21. The van der Waals surface area contributed by atoms with Crippen molar-refractivity contribution >= 4 is 17.0 Å². The van der Waals surface area contributed by atoms with Crippen molar-refractivity contribution in [2.75, 3.05) is 0 Å². The molecule has 5 heteroatoms. The topological polar surface area (TPSA) is 53.4 Å². The lowest BCUT2D eigenvalue weighted by molar-refractivity contribution is -0.210. The highest BCUT2D eigenvalue weighted by Gasteiger charge is 2.15. The van der Waals surface area contributed by atoms with Crippen LogP contribution in [0.15, 0.2) is 78.9 Å². The Bertz CT molecular complexity index is 1060. The minimum Gasteiger partial charge on any atom is -0.292 e. The van der Waals surface area contributed by atoms with E-state index in [0.717, 1.165) is 28.1 Å². The van der Waals surface area contributed by atoms with Crippen LogP contribution in [0.25, 0.3) is 28.1 Å². The van der Waals surface area contributed by atoms with E-state index >= 15 is 0 Å². The summed E-state index contributed by atoms with van der Waals surface area (Å²) in [6, 6.07) is 25.4. The van der Waals surface area contributed by atoms with Gasteiger partial charge in [0.1, 0.15) is 5.82 Å². The Kier molecular flexibility index (Phi) is 4.11. The Balaban J connectivity index is 1.92. The second kappa shape index (κ2) is 6.72. The SMILES string of the molecule is CC(=O)OOc1ccc2nc(-c3ccccc3)n(-c3ccccc3)c2c1. The van der Waals surface area contributed by atoms with E-state index in [-0.39, 0.29) is 0 Å². The maximum Gasteiger partial charge on any atom is 0.352 e. The van der Waals surface area contributed by atoms with Crippen LogP contribution in [0.5, 0.6) is 5.75 Å². The lowest BCUT2D eigenvalue weighted by atomic mass is 10.2. The molecule has 0 aliphatic rings. The van der Waals surface area contributed by atoms with Gasteiger partial charge in [-0.05, 0) is 24.3 Å². The Morgan fingerprint density at radius 1 is 0.923 bits per heavy atom. The molecule has 0 spiro atoms. The molecule has 0 aliphatic carbocycles. The van der Waals surface area contributed by atoms with Gasteiger partial charge in [0.25, 0.3) is 0 Å². The van der Waals surface area contributed by atoms with E-state index < -0.39 is 5.97 Å². The van der Waals surface area contributed by atoms with Crippen LogP contribution >= 0.6 is 0 Å². The zero-order valence-electron chi connectivity index (χ0n) is 14.1. The van der Waals surface area contributed by atoms with Gasteiger partial charge in [0, 0.05) is 24.2 Å². The number of imidazole rings is 1. The van der Waals surface area contributed by atoms with Crippen molar-refractivity contribution in [3.05, 3.63) is 78.9 Å². The Hall–Kier alpha value is -3.60. The van der Waals surface area contributed by atoms with Crippen molar-refractivity contribution in [2.45, 2.75) is 6.92 Å². The van der Waals surface area contributed by atoms with Crippen LogP contribution in [0, 0.1) is 0 Å². The van der Waals surface area contributed by atoms with Gasteiger partial charge in [0.2, 0.25) is 0 Å². The highest BCUT2D eigenvalue weighted by Crippen LogP contribution is 2.30. The standard InChI is InChI=1S/C21H16N2O3/c1-15(24)25-26-18-12-13-19-20(14-18)23(17-10-6-3-7-11-17)21(22-19)16-8-4-2-5-9-16/h2-14H,1H3. The van der Waals surface area contributed by atoms with Gasteiger partial charge in [0.15, 0.2) is 5.75 Å². The monoisotopic (exact) mass is 344 g/mol. The molecule has 1 heterocycles. The molecule has 1 aromatic heterocycles. The number of carbonyl (C=O) groups excluding carboxylic acids is 1. The predicted octanol–water partition coefficient (Wildman–Crippen LogP) is 4.55. The first-order valence-electron chi connectivity index (χ1n) is 8.21. The van der Waals surface area contributed by atoms with E-state index in [0.29, 0.717) is 5.75 Å². The van der Waals surface area contributed by atoms with Crippen LogP contribution in [0.2, 0.25) is 0 Å². The number of rotatable bonds is 4. The van der Waals surface area contributed by atoms with Crippen molar-refractivity contribution in [3.8, 4) is 22.8 Å². The molecule has 0 saturated carbocycles. The van der Waals surface area contributed by atoms with Gasteiger partial charge in [0.05, 0.1) is 11.0 Å². The van der Waals surface area contributed by atoms with Crippen LogP contribution in [-0.2, 0) is 9.68 Å². The first-order chi connectivity index (χ1) is 12.7. The van der Waals surface area contributed by atoms with Crippen molar-refractivity contribution < 1.29 is 14.6 Å². The molecule has 0 atom stereocenters. The molecule has 5 nitrogen and oxygen atoms in total. The Morgan fingerprint density at radius 3 is 2.31 bits per heavy atom. The summed E-state index contributed by atoms with van der Waals surface area (Å²) in [5, 5.41) is 0. The molecular formula is C21H16N2O3. The van der Waals surface area contributed by atoms with Crippen LogP contribution in [0.1, 0.15) is 6.92 Å². The summed E-state index contributed by atoms with van der Waals surface area (Å²) in [5.74, 6) is 0.757. The summed E-state index contributed by atoms with van der Waals surface area (Å²) in [6.07, 6.45) is 0. The number of carbonyl (C=O) groups is 1. The fourth-order valence-corrected chi connectivity index (χ4v) is 2.83.